The second kappa shape index (κ2) is 13.7. The van der Waals surface area contributed by atoms with Crippen LogP contribution in [0.2, 0.25) is 22.2 Å². The molecule has 0 spiro atoms. The monoisotopic (exact) mass is 636 g/mol. The number of ketones is 1. The zero-order chi connectivity index (χ0) is 30.8. The van der Waals surface area contributed by atoms with Crippen molar-refractivity contribution in [2.75, 3.05) is 24.2 Å². The summed E-state index contributed by atoms with van der Waals surface area (Å²) in [6.07, 6.45) is 3.08. The topological polar surface area (TPSA) is 113 Å². The summed E-state index contributed by atoms with van der Waals surface area (Å²) in [5, 5.41) is 13.1. The Morgan fingerprint density at radius 3 is 2.24 bits per heavy atom. The van der Waals surface area contributed by atoms with Gasteiger partial charge in [0.05, 0.1) is 0 Å². The molecule has 13 heteroatoms. The van der Waals surface area contributed by atoms with E-state index in [0.717, 1.165) is 31.6 Å². The minimum Gasteiger partial charge on any atom is -0.414 e. The van der Waals surface area contributed by atoms with Gasteiger partial charge in [-0.05, 0) is 41.4 Å². The number of anilines is 1. The van der Waals surface area contributed by atoms with E-state index in [4.69, 9.17) is 22.9 Å². The Kier molecular flexibility index (Phi) is 10.9. The Balaban J connectivity index is 1.76. The molecule has 0 amide bonds. The molecule has 236 valence electrons. The van der Waals surface area contributed by atoms with E-state index in [-0.39, 0.29) is 33.9 Å². The fourth-order valence-electron chi connectivity index (χ4n) is 6.41. The first-order chi connectivity index (χ1) is 19.9. The highest BCUT2D eigenvalue weighted by Gasteiger charge is 2.61. The van der Waals surface area contributed by atoms with Gasteiger partial charge in [0.2, 0.25) is 0 Å². The average molecular weight is 637 g/mol. The van der Waals surface area contributed by atoms with Crippen LogP contribution in [-0.4, -0.2) is 72.9 Å². The lowest BCUT2D eigenvalue weighted by Crippen LogP contribution is -2.64. The van der Waals surface area contributed by atoms with Gasteiger partial charge in [-0.25, -0.2) is 14.6 Å². The molecule has 2 aliphatic rings. The van der Waals surface area contributed by atoms with Gasteiger partial charge >= 0.3 is 17.1 Å². The summed E-state index contributed by atoms with van der Waals surface area (Å²) in [6, 6.07) is -0.533. The Bertz CT molecular complexity index is 1210. The number of fused-ring (bicyclic) bond motifs is 2. The van der Waals surface area contributed by atoms with Crippen LogP contribution in [0.5, 0.6) is 0 Å². The standard InChI is InChI=1S/C29H52N6O4SSi2/c1-11-13-14-30-27-24-28(32-29(31-27)40-15-12-2)35(34-33-24)23-16-22-17-37-41(18(3)4,19(5)6)39-42(20(7)8,21(9)10)38-26(22)25(23)36/h18-23,26H,11-17H2,1-10H3,(H,30,31,32)/t22-,23?,26-/m1/s1. The van der Waals surface area contributed by atoms with E-state index in [2.05, 4.69) is 84.9 Å². The number of hydrogen-bond acceptors (Lipinski definition) is 10. The Morgan fingerprint density at radius 2 is 1.64 bits per heavy atom. The molecule has 0 bridgehead atoms. The average Bonchev–Trinajstić information content (AvgIpc) is 3.47. The number of rotatable bonds is 12. The molecule has 1 saturated carbocycles. The maximum atomic E-state index is 14.3. The van der Waals surface area contributed by atoms with Crippen molar-refractivity contribution in [3.8, 4) is 0 Å². The fourth-order valence-corrected chi connectivity index (χ4v) is 18.4. The molecular weight excluding hydrogens is 585 g/mol. The minimum atomic E-state index is -2.90. The molecule has 1 aliphatic carbocycles. The summed E-state index contributed by atoms with van der Waals surface area (Å²) in [4.78, 5) is 23.9. The number of carbonyl (C=O) groups is 1. The first kappa shape index (κ1) is 33.5. The van der Waals surface area contributed by atoms with Gasteiger partial charge in [0.1, 0.15) is 12.1 Å². The van der Waals surface area contributed by atoms with Crippen LogP contribution in [0.15, 0.2) is 5.16 Å². The van der Waals surface area contributed by atoms with Gasteiger partial charge in [-0.2, -0.15) is 0 Å². The normalized spacial score (nSPS) is 24.1. The van der Waals surface area contributed by atoms with Crippen LogP contribution in [0.1, 0.15) is 101 Å². The smallest absolute Gasteiger partial charge is 0.335 e. The number of unbranched alkanes of at least 4 members (excludes halogenated alkanes) is 1. The third-order valence-electron chi connectivity index (χ3n) is 8.79. The van der Waals surface area contributed by atoms with Gasteiger partial charge in [-0.1, -0.05) is 92.6 Å². The molecule has 42 heavy (non-hydrogen) atoms. The van der Waals surface area contributed by atoms with Gasteiger partial charge in [0.15, 0.2) is 27.9 Å². The van der Waals surface area contributed by atoms with Crippen LogP contribution < -0.4 is 5.32 Å². The zero-order valence-corrected chi connectivity index (χ0v) is 30.1. The maximum Gasteiger partial charge on any atom is 0.335 e. The van der Waals surface area contributed by atoms with E-state index in [1.165, 1.54) is 0 Å². The molecule has 3 atom stereocenters. The van der Waals surface area contributed by atoms with E-state index in [1.807, 2.05) is 0 Å². The second-order valence-electron chi connectivity index (χ2n) is 13.1. The minimum absolute atomic E-state index is 0.0160. The molecule has 1 N–H and O–H groups in total. The molecule has 1 unspecified atom stereocenters. The maximum absolute atomic E-state index is 14.3. The molecule has 1 aliphatic heterocycles. The van der Waals surface area contributed by atoms with E-state index < -0.39 is 29.3 Å². The van der Waals surface area contributed by atoms with Crippen molar-refractivity contribution in [1.29, 1.82) is 0 Å². The van der Waals surface area contributed by atoms with Crippen molar-refractivity contribution >= 4 is 51.6 Å². The van der Waals surface area contributed by atoms with Crippen LogP contribution in [0.3, 0.4) is 0 Å². The Labute approximate surface area is 258 Å². The summed E-state index contributed by atoms with van der Waals surface area (Å²) in [5.41, 5.74) is 2.02. The summed E-state index contributed by atoms with van der Waals surface area (Å²) in [6.45, 7) is 23.1. The number of nitrogens with one attached hydrogen (secondary N) is 1. The predicted octanol–water partition coefficient (Wildman–Crippen LogP) is 7.02. The first-order valence-electron chi connectivity index (χ1n) is 16.0. The molecule has 2 aromatic rings. The summed E-state index contributed by atoms with van der Waals surface area (Å²) < 4.78 is 23.1. The highest BCUT2D eigenvalue weighted by atomic mass is 32.2. The highest BCUT2D eigenvalue weighted by Crippen LogP contribution is 2.49. The van der Waals surface area contributed by atoms with Crippen LogP contribution in [0, 0.1) is 5.92 Å². The number of carbonyl (C=O) groups excluding carboxylic acids is 1. The lowest BCUT2D eigenvalue weighted by molar-refractivity contribution is -0.128. The third kappa shape index (κ3) is 6.23. The van der Waals surface area contributed by atoms with E-state index in [0.29, 0.717) is 35.2 Å². The number of nitrogens with zero attached hydrogens (tertiary/aromatic N) is 5. The lowest BCUT2D eigenvalue weighted by atomic mass is 10.1. The van der Waals surface area contributed by atoms with Gasteiger partial charge in [-0.15, -0.1) is 5.10 Å². The summed E-state index contributed by atoms with van der Waals surface area (Å²) >= 11 is 1.61. The number of aromatic nitrogens is 5. The molecule has 0 radical (unpaired) electrons. The van der Waals surface area contributed by atoms with Crippen LogP contribution in [0.4, 0.5) is 5.82 Å². The largest absolute Gasteiger partial charge is 0.414 e. The van der Waals surface area contributed by atoms with Crippen molar-refractivity contribution in [2.45, 2.75) is 134 Å². The van der Waals surface area contributed by atoms with Crippen molar-refractivity contribution in [2.24, 2.45) is 5.92 Å². The van der Waals surface area contributed by atoms with Crippen LogP contribution >= 0.6 is 11.8 Å². The van der Waals surface area contributed by atoms with Crippen molar-refractivity contribution in [1.82, 2.24) is 25.0 Å². The highest BCUT2D eigenvalue weighted by molar-refractivity contribution is 7.99. The van der Waals surface area contributed by atoms with Crippen LogP contribution in [0.25, 0.3) is 11.2 Å². The van der Waals surface area contributed by atoms with Crippen molar-refractivity contribution in [3.05, 3.63) is 0 Å². The predicted molar refractivity (Wildman–Crippen MR) is 173 cm³/mol. The molecule has 2 aromatic heterocycles. The SMILES string of the molecule is CCCCNc1nc(SCCC)nc2c1nnn2C1C[C@@H]2CO[Si](C(C)C)(C(C)C)O[Si](C(C)C)(C(C)C)O[C@H]2C1=O. The van der Waals surface area contributed by atoms with Gasteiger partial charge < -0.3 is 18.3 Å². The molecule has 0 aromatic carbocycles. The van der Waals surface area contributed by atoms with Gasteiger partial charge in [0.25, 0.3) is 0 Å². The van der Waals surface area contributed by atoms with E-state index in [1.54, 1.807) is 16.4 Å². The first-order valence-corrected chi connectivity index (χ1v) is 20.9. The third-order valence-corrected chi connectivity index (χ3v) is 20.1. The number of thioether (sulfide) groups is 1. The zero-order valence-electron chi connectivity index (χ0n) is 27.3. The Hall–Kier alpha value is -1.39. The summed E-state index contributed by atoms with van der Waals surface area (Å²) in [5.74, 6) is 1.52. The molecular formula is C29H52N6O4SSi2. The van der Waals surface area contributed by atoms with Gasteiger partial charge in [0, 0.05) is 24.8 Å². The number of Topliss-reactive ketones (excluding diaryl/α,β-unsaturated/α-hetero) is 1. The van der Waals surface area contributed by atoms with E-state index >= 15 is 0 Å². The Morgan fingerprint density at radius 1 is 0.976 bits per heavy atom. The second-order valence-corrected chi connectivity index (χ2v) is 23.0. The quantitative estimate of drug-likeness (QED) is 0.113. The molecule has 4 rings (SSSR count). The number of hydrogen-bond donors (Lipinski definition) is 1. The van der Waals surface area contributed by atoms with Crippen LogP contribution in [-0.2, 0) is 17.8 Å². The fraction of sp³-hybridized carbons (Fsp3) is 0.828. The van der Waals surface area contributed by atoms with Crippen molar-refractivity contribution in [3.63, 3.8) is 0 Å². The molecule has 2 fully saturated rings. The van der Waals surface area contributed by atoms with E-state index in [9.17, 15) is 4.79 Å². The summed E-state index contributed by atoms with van der Waals surface area (Å²) in [7, 11) is -5.58. The molecule has 1 saturated heterocycles. The lowest BCUT2D eigenvalue weighted by Gasteiger charge is -2.51. The molecule has 10 nitrogen and oxygen atoms in total. The van der Waals surface area contributed by atoms with Gasteiger partial charge in [-0.3, -0.25) is 4.79 Å². The molecule has 3 heterocycles. The van der Waals surface area contributed by atoms with Crippen molar-refractivity contribution < 1.29 is 17.8 Å².